The number of para-hydroxylation sites is 2. The van der Waals surface area contributed by atoms with E-state index in [1.165, 1.54) is 16.5 Å². The first kappa shape index (κ1) is 28.5. The highest BCUT2D eigenvalue weighted by atomic mass is 16.5. The Morgan fingerprint density at radius 3 is 2.34 bits per heavy atom. The first-order valence-electron chi connectivity index (χ1n) is 14.9. The Morgan fingerprint density at radius 2 is 1.63 bits per heavy atom. The van der Waals surface area contributed by atoms with E-state index < -0.39 is 0 Å². The minimum Gasteiger partial charge on any atom is -0.466 e. The van der Waals surface area contributed by atoms with Crippen molar-refractivity contribution in [2.24, 2.45) is 5.92 Å². The van der Waals surface area contributed by atoms with Gasteiger partial charge in [-0.15, -0.1) is 0 Å². The molecule has 0 bridgehead atoms. The smallest absolute Gasteiger partial charge is 0.309 e. The van der Waals surface area contributed by atoms with Crippen LogP contribution in [-0.2, 0) is 27.3 Å². The number of esters is 1. The largest absolute Gasteiger partial charge is 0.466 e. The number of nitrogens with zero attached hydrogens (tertiary/aromatic N) is 2. The quantitative estimate of drug-likeness (QED) is 0.193. The minimum atomic E-state index is -0.146. The number of ether oxygens (including phenoxy) is 2. The molecule has 6 nitrogen and oxygen atoms in total. The van der Waals surface area contributed by atoms with E-state index >= 15 is 0 Å². The van der Waals surface area contributed by atoms with Crippen LogP contribution < -0.4 is 4.74 Å². The molecule has 2 heterocycles. The van der Waals surface area contributed by atoms with Crippen molar-refractivity contribution < 1.29 is 19.1 Å². The summed E-state index contributed by atoms with van der Waals surface area (Å²) in [4.78, 5) is 28.0. The van der Waals surface area contributed by atoms with Crippen molar-refractivity contribution in [1.29, 1.82) is 0 Å². The molecular formula is C35H40N2O4. The number of rotatable bonds is 10. The molecule has 1 saturated heterocycles. The van der Waals surface area contributed by atoms with E-state index in [1.54, 1.807) is 0 Å². The zero-order valence-corrected chi connectivity index (χ0v) is 24.3. The van der Waals surface area contributed by atoms with Crippen LogP contribution in [0.4, 0.5) is 0 Å². The summed E-state index contributed by atoms with van der Waals surface area (Å²) in [6.07, 6.45) is 4.81. The fraction of sp³-hybridized carbons (Fsp3) is 0.371. The van der Waals surface area contributed by atoms with Gasteiger partial charge in [0.15, 0.2) is 0 Å². The summed E-state index contributed by atoms with van der Waals surface area (Å²) in [5.74, 6) is 1.21. The number of hydrogen-bond acceptors (Lipinski definition) is 4. The summed E-state index contributed by atoms with van der Waals surface area (Å²) in [6, 6.07) is 24.4. The van der Waals surface area contributed by atoms with E-state index in [9.17, 15) is 9.59 Å². The molecule has 1 fully saturated rings. The molecule has 0 radical (unpaired) electrons. The topological polar surface area (TPSA) is 60.8 Å². The molecule has 0 spiro atoms. The molecular weight excluding hydrogens is 512 g/mol. The summed E-state index contributed by atoms with van der Waals surface area (Å²) < 4.78 is 13.7. The fourth-order valence-electron chi connectivity index (χ4n) is 6.03. The van der Waals surface area contributed by atoms with E-state index in [1.807, 2.05) is 54.3 Å². The lowest BCUT2D eigenvalue weighted by Crippen LogP contribution is -2.41. The number of piperidine rings is 1. The van der Waals surface area contributed by atoms with Gasteiger partial charge in [-0.05, 0) is 74.1 Å². The number of aryl methyl sites for hydroxylation is 2. The highest BCUT2D eigenvalue weighted by Gasteiger charge is 2.31. The van der Waals surface area contributed by atoms with Crippen molar-refractivity contribution in [2.75, 3.05) is 19.7 Å². The Bertz CT molecular complexity index is 1480. The van der Waals surface area contributed by atoms with Gasteiger partial charge in [0.2, 0.25) is 5.91 Å². The number of aromatic nitrogens is 1. The Balaban J connectivity index is 1.48. The zero-order valence-electron chi connectivity index (χ0n) is 24.3. The Morgan fingerprint density at radius 1 is 0.902 bits per heavy atom. The zero-order chi connectivity index (χ0) is 28.8. The maximum atomic E-state index is 13.8. The molecule has 4 aromatic rings. The normalized spacial score (nSPS) is 14.7. The van der Waals surface area contributed by atoms with Crippen LogP contribution in [-0.4, -0.2) is 41.0 Å². The highest BCUT2D eigenvalue weighted by molar-refractivity contribution is 5.89. The lowest BCUT2D eigenvalue weighted by atomic mass is 9.87. The first-order chi connectivity index (χ1) is 20.0. The van der Waals surface area contributed by atoms with Crippen molar-refractivity contribution in [3.8, 4) is 11.5 Å². The van der Waals surface area contributed by atoms with Crippen LogP contribution in [0.15, 0.2) is 79.0 Å². The van der Waals surface area contributed by atoms with Crippen LogP contribution in [0.5, 0.6) is 11.5 Å². The molecule has 1 atom stereocenters. The van der Waals surface area contributed by atoms with Gasteiger partial charge in [0.05, 0.1) is 18.0 Å². The summed E-state index contributed by atoms with van der Waals surface area (Å²) in [7, 11) is 0. The number of hydrogen-bond donors (Lipinski definition) is 0. The lowest BCUT2D eigenvalue weighted by molar-refractivity contribution is -0.151. The van der Waals surface area contributed by atoms with E-state index in [4.69, 9.17) is 9.47 Å². The number of likely N-dealkylation sites (tertiary alicyclic amines) is 1. The summed E-state index contributed by atoms with van der Waals surface area (Å²) >= 11 is 0. The maximum Gasteiger partial charge on any atom is 0.309 e. The van der Waals surface area contributed by atoms with Crippen molar-refractivity contribution >= 4 is 22.8 Å². The molecule has 1 aliphatic rings. The van der Waals surface area contributed by atoms with Gasteiger partial charge in [0, 0.05) is 43.6 Å². The Labute approximate surface area is 242 Å². The molecule has 214 valence electrons. The molecule has 0 saturated carbocycles. The average Bonchev–Trinajstić information content (AvgIpc) is 3.39. The average molecular weight is 553 g/mol. The molecule has 1 unspecified atom stereocenters. The van der Waals surface area contributed by atoms with Gasteiger partial charge in [0.25, 0.3) is 0 Å². The molecule has 0 aliphatic carbocycles. The van der Waals surface area contributed by atoms with Crippen LogP contribution >= 0.6 is 0 Å². The third kappa shape index (κ3) is 6.32. The standard InChI is InChI=1S/C35H40N2O4/c1-4-25-12-11-17-30-32(24-36(5-2)34(25)30)31(23-33(38)37-20-18-26(19-21-37)35(39)40-6-3)27-13-10-16-29(22-27)41-28-14-8-7-9-15-28/h7-17,22,24,26,31H,4-6,18-21,23H2,1-3H3. The fourth-order valence-corrected chi connectivity index (χ4v) is 6.03. The van der Waals surface area contributed by atoms with Crippen molar-refractivity contribution in [2.45, 2.75) is 58.9 Å². The predicted molar refractivity (Wildman–Crippen MR) is 162 cm³/mol. The lowest BCUT2D eigenvalue weighted by Gasteiger charge is -2.32. The molecule has 0 N–H and O–H groups in total. The number of amides is 1. The summed E-state index contributed by atoms with van der Waals surface area (Å²) in [5, 5.41) is 1.19. The van der Waals surface area contributed by atoms with Gasteiger partial charge in [-0.3, -0.25) is 9.59 Å². The van der Waals surface area contributed by atoms with Crippen LogP contribution in [0.2, 0.25) is 0 Å². The number of benzene rings is 3. The van der Waals surface area contributed by atoms with Gasteiger partial charge in [-0.1, -0.05) is 55.5 Å². The summed E-state index contributed by atoms with van der Waals surface area (Å²) in [6.45, 7) is 8.57. The van der Waals surface area contributed by atoms with E-state index in [-0.39, 0.29) is 23.7 Å². The number of carbonyl (C=O) groups is 2. The maximum absolute atomic E-state index is 13.8. The van der Waals surface area contributed by atoms with Crippen LogP contribution in [0.3, 0.4) is 0 Å². The van der Waals surface area contributed by atoms with E-state index in [0.717, 1.165) is 35.6 Å². The van der Waals surface area contributed by atoms with E-state index in [0.29, 0.717) is 39.0 Å². The van der Waals surface area contributed by atoms with Gasteiger partial charge < -0.3 is 18.9 Å². The second kappa shape index (κ2) is 13.1. The molecule has 3 aromatic carbocycles. The number of fused-ring (bicyclic) bond motifs is 1. The molecule has 1 amide bonds. The van der Waals surface area contributed by atoms with Crippen molar-refractivity contribution in [3.63, 3.8) is 0 Å². The molecule has 5 rings (SSSR count). The number of carbonyl (C=O) groups excluding carboxylic acids is 2. The summed E-state index contributed by atoms with van der Waals surface area (Å²) in [5.41, 5.74) is 4.76. The highest BCUT2D eigenvalue weighted by Crippen LogP contribution is 2.38. The monoisotopic (exact) mass is 552 g/mol. The van der Waals surface area contributed by atoms with Crippen molar-refractivity contribution in [3.05, 3.63) is 95.7 Å². The third-order valence-electron chi connectivity index (χ3n) is 8.20. The second-order valence-electron chi connectivity index (χ2n) is 10.7. The van der Waals surface area contributed by atoms with Gasteiger partial charge >= 0.3 is 5.97 Å². The van der Waals surface area contributed by atoms with Gasteiger partial charge in [-0.25, -0.2) is 0 Å². The van der Waals surface area contributed by atoms with Crippen LogP contribution in [0, 0.1) is 5.92 Å². The molecule has 6 heteroatoms. The molecule has 1 aromatic heterocycles. The third-order valence-corrected chi connectivity index (χ3v) is 8.20. The van der Waals surface area contributed by atoms with Gasteiger partial charge in [-0.2, -0.15) is 0 Å². The van der Waals surface area contributed by atoms with Crippen LogP contribution in [0.25, 0.3) is 10.9 Å². The Hall–Kier alpha value is -4.06. The van der Waals surface area contributed by atoms with Crippen LogP contribution in [0.1, 0.15) is 62.6 Å². The SMILES string of the molecule is CCOC(=O)C1CCN(C(=O)CC(c2cccc(Oc3ccccc3)c2)c2cn(CC)c3c(CC)cccc23)CC1. The molecule has 1 aliphatic heterocycles. The minimum absolute atomic E-state index is 0.107. The predicted octanol–water partition coefficient (Wildman–Crippen LogP) is 7.34. The Kier molecular flexibility index (Phi) is 9.07. The van der Waals surface area contributed by atoms with Crippen molar-refractivity contribution in [1.82, 2.24) is 9.47 Å². The first-order valence-corrected chi connectivity index (χ1v) is 14.9. The second-order valence-corrected chi connectivity index (χ2v) is 10.7. The molecule has 41 heavy (non-hydrogen) atoms. The van der Waals surface area contributed by atoms with E-state index in [2.05, 4.69) is 54.9 Å². The van der Waals surface area contributed by atoms with Gasteiger partial charge in [0.1, 0.15) is 11.5 Å².